The van der Waals surface area contributed by atoms with Gasteiger partial charge in [-0.15, -0.1) is 12.8 Å². The number of carbonyl (C=O) groups excluding carboxylic acids is 1. The Morgan fingerprint density at radius 1 is 1.00 bits per heavy atom. The number of halogens is 2. The molecular weight excluding hydrogens is 386 g/mol. The zero-order valence-electron chi connectivity index (χ0n) is 15.9. The quantitative estimate of drug-likeness (QED) is 0.609. The molecule has 4 rings (SSSR count). The van der Waals surface area contributed by atoms with Crippen LogP contribution in [0.4, 0.5) is 13.6 Å². The summed E-state index contributed by atoms with van der Waals surface area (Å²) in [6.45, 7) is 0.246. The number of nitrogens with one attached hydrogen (secondary N) is 1. The third-order valence-electron chi connectivity index (χ3n) is 3.76. The molecule has 2 aromatic carbocycles. The zero-order valence-corrected chi connectivity index (χ0v) is 15.9. The minimum atomic E-state index is -0.454. The Bertz CT molecular complexity index is 1060. The molecule has 0 radical (unpaired) electrons. The van der Waals surface area contributed by atoms with Gasteiger partial charge in [-0.2, -0.15) is 0 Å². The molecule has 1 N–H and O–H groups in total. The van der Waals surface area contributed by atoms with Gasteiger partial charge < -0.3 is 10.1 Å². The minimum absolute atomic E-state index is 0.178. The van der Waals surface area contributed by atoms with Crippen molar-refractivity contribution in [2.24, 2.45) is 0 Å². The van der Waals surface area contributed by atoms with Crippen LogP contribution in [0.15, 0.2) is 72.9 Å². The van der Waals surface area contributed by atoms with E-state index in [0.717, 1.165) is 0 Å². The summed E-state index contributed by atoms with van der Waals surface area (Å²) in [5.41, 5.74) is 1.71. The second kappa shape index (κ2) is 11.6. The summed E-state index contributed by atoms with van der Waals surface area (Å²) in [6, 6.07) is 17.5. The van der Waals surface area contributed by atoms with Gasteiger partial charge in [0, 0.05) is 11.8 Å². The monoisotopic (exact) mass is 404 g/mol. The third kappa shape index (κ3) is 6.78. The Balaban J connectivity index is 0.000000299. The molecule has 30 heavy (non-hydrogen) atoms. The molecule has 1 aromatic heterocycles. The molecule has 0 spiro atoms. The van der Waals surface area contributed by atoms with E-state index in [1.807, 2.05) is 0 Å². The van der Waals surface area contributed by atoms with Crippen LogP contribution in [0.3, 0.4) is 0 Å². The fourth-order valence-electron chi connectivity index (χ4n) is 2.38. The Labute approximate surface area is 173 Å². The van der Waals surface area contributed by atoms with Gasteiger partial charge in [0.1, 0.15) is 24.3 Å². The van der Waals surface area contributed by atoms with E-state index >= 15 is 0 Å². The summed E-state index contributed by atoms with van der Waals surface area (Å²) in [6.07, 6.45) is 9.15. The second-order valence-corrected chi connectivity index (χ2v) is 5.79. The summed E-state index contributed by atoms with van der Waals surface area (Å²) in [5.74, 6) is 5.15. The second-order valence-electron chi connectivity index (χ2n) is 5.79. The lowest BCUT2D eigenvalue weighted by atomic mass is 10.1. The largest absolute Gasteiger partial charge is 0.447 e. The van der Waals surface area contributed by atoms with Crippen molar-refractivity contribution in [3.8, 4) is 24.7 Å². The van der Waals surface area contributed by atoms with Crippen LogP contribution < -0.4 is 5.32 Å². The number of alkyl carbamates (subject to hydrolysis) is 1. The van der Waals surface area contributed by atoms with E-state index in [1.165, 1.54) is 18.2 Å². The number of ether oxygens (including phenoxy) is 1. The predicted octanol–water partition coefficient (Wildman–Crippen LogP) is 4.48. The van der Waals surface area contributed by atoms with E-state index < -0.39 is 6.09 Å². The van der Waals surface area contributed by atoms with Crippen LogP contribution in [0, 0.1) is 36.3 Å². The van der Waals surface area contributed by atoms with Gasteiger partial charge in [-0.25, -0.2) is 13.6 Å². The summed E-state index contributed by atoms with van der Waals surface area (Å²) in [7, 11) is 0. The summed E-state index contributed by atoms with van der Waals surface area (Å²) < 4.78 is 30.2. The highest BCUT2D eigenvalue weighted by Crippen LogP contribution is 2.16. The van der Waals surface area contributed by atoms with Crippen molar-refractivity contribution >= 4 is 6.09 Å². The molecule has 0 bridgehead atoms. The maximum Gasteiger partial charge on any atom is 0.407 e. The van der Waals surface area contributed by atoms with Crippen molar-refractivity contribution in [1.82, 2.24) is 10.3 Å². The van der Waals surface area contributed by atoms with Gasteiger partial charge in [-0.05, 0) is 36.4 Å². The lowest BCUT2D eigenvalue weighted by Crippen LogP contribution is -2.19. The summed E-state index contributed by atoms with van der Waals surface area (Å²) in [4.78, 5) is 15.2. The van der Waals surface area contributed by atoms with E-state index in [4.69, 9.17) is 4.74 Å². The first-order chi connectivity index (χ1) is 14.6. The fourth-order valence-corrected chi connectivity index (χ4v) is 2.38. The van der Waals surface area contributed by atoms with Crippen molar-refractivity contribution in [3.05, 3.63) is 101 Å². The molecule has 150 valence electrons. The normalized spacial score (nSPS) is 13.7. The van der Waals surface area contributed by atoms with E-state index in [2.05, 4.69) is 35.0 Å². The van der Waals surface area contributed by atoms with Crippen molar-refractivity contribution in [3.63, 3.8) is 0 Å². The van der Waals surface area contributed by atoms with Crippen molar-refractivity contribution in [1.29, 1.82) is 0 Å². The first-order valence-corrected chi connectivity index (χ1v) is 8.81. The number of benzene rings is 2. The molecule has 4 nitrogen and oxygen atoms in total. The van der Waals surface area contributed by atoms with Gasteiger partial charge in [0.15, 0.2) is 0 Å². The Hall–Kier alpha value is -4.16. The van der Waals surface area contributed by atoms with E-state index in [0.29, 0.717) is 16.8 Å². The molecule has 3 aromatic rings. The molecule has 0 aliphatic carbocycles. The SMILES string of the molecule is C#C.Fc1ccccc1.O=C1N[C@H](c2cc(C#Cc3ccccc3F)ccn2)CO1. The lowest BCUT2D eigenvalue weighted by molar-refractivity contribution is 0.177. The lowest BCUT2D eigenvalue weighted by Gasteiger charge is -2.06. The maximum atomic E-state index is 13.5. The average molecular weight is 404 g/mol. The highest BCUT2D eigenvalue weighted by molar-refractivity contribution is 5.69. The topological polar surface area (TPSA) is 51.2 Å². The van der Waals surface area contributed by atoms with E-state index in [-0.39, 0.29) is 24.3 Å². The number of rotatable bonds is 1. The Morgan fingerprint density at radius 3 is 2.30 bits per heavy atom. The smallest absolute Gasteiger partial charge is 0.407 e. The third-order valence-corrected chi connectivity index (χ3v) is 3.76. The Kier molecular flexibility index (Phi) is 8.58. The highest BCUT2D eigenvalue weighted by atomic mass is 19.1. The molecule has 2 heterocycles. The van der Waals surface area contributed by atoms with Gasteiger partial charge in [0.2, 0.25) is 0 Å². The van der Waals surface area contributed by atoms with Crippen LogP contribution in [0.1, 0.15) is 22.9 Å². The van der Waals surface area contributed by atoms with Crippen LogP contribution >= 0.6 is 0 Å². The molecular formula is C24H18F2N2O2. The number of hydrogen-bond donors (Lipinski definition) is 1. The van der Waals surface area contributed by atoms with Crippen molar-refractivity contribution in [2.75, 3.05) is 6.61 Å². The number of amides is 1. The number of hydrogen-bond acceptors (Lipinski definition) is 3. The molecule has 1 atom stereocenters. The van der Waals surface area contributed by atoms with Crippen LogP contribution in [0.5, 0.6) is 0 Å². The number of cyclic esters (lactones) is 1. The molecule has 1 aliphatic rings. The predicted molar refractivity (Wildman–Crippen MR) is 110 cm³/mol. The Morgan fingerprint density at radius 2 is 1.70 bits per heavy atom. The van der Waals surface area contributed by atoms with Gasteiger partial charge in [-0.3, -0.25) is 4.98 Å². The molecule has 0 unspecified atom stereocenters. The molecule has 1 aliphatic heterocycles. The standard InChI is InChI=1S/C16H11FN2O2.C6H5F.C2H2/c17-13-4-2-1-3-12(13)6-5-11-7-8-18-14(9-11)15-10-21-16(20)19-15;7-6-4-2-1-3-5-6;1-2/h1-4,7-9,15H,10H2,(H,19,20);1-5H;1-2H/t15-;;/m0../s1. The number of carbonyl (C=O) groups is 1. The molecule has 6 heteroatoms. The van der Waals surface area contributed by atoms with Gasteiger partial charge in [0.05, 0.1) is 11.3 Å². The van der Waals surface area contributed by atoms with E-state index in [1.54, 1.807) is 54.7 Å². The van der Waals surface area contributed by atoms with Crippen LogP contribution in [0.25, 0.3) is 0 Å². The van der Waals surface area contributed by atoms with Crippen LogP contribution in [-0.4, -0.2) is 17.7 Å². The first kappa shape index (κ1) is 22.1. The van der Waals surface area contributed by atoms with Crippen molar-refractivity contribution in [2.45, 2.75) is 6.04 Å². The molecule has 0 saturated carbocycles. The van der Waals surface area contributed by atoms with E-state index in [9.17, 15) is 13.6 Å². The minimum Gasteiger partial charge on any atom is -0.447 e. The average Bonchev–Trinajstić information content (AvgIpc) is 3.22. The summed E-state index contributed by atoms with van der Waals surface area (Å²) >= 11 is 0. The zero-order chi connectivity index (χ0) is 21.8. The van der Waals surface area contributed by atoms with Gasteiger partial charge >= 0.3 is 6.09 Å². The first-order valence-electron chi connectivity index (χ1n) is 8.81. The molecule has 1 saturated heterocycles. The van der Waals surface area contributed by atoms with Gasteiger partial charge in [0.25, 0.3) is 0 Å². The number of nitrogens with zero attached hydrogens (tertiary/aromatic N) is 1. The highest BCUT2D eigenvalue weighted by Gasteiger charge is 2.24. The van der Waals surface area contributed by atoms with Gasteiger partial charge in [-0.1, -0.05) is 42.2 Å². The van der Waals surface area contributed by atoms with Crippen molar-refractivity contribution < 1.29 is 18.3 Å². The fraction of sp³-hybridized carbons (Fsp3) is 0.0833. The molecule has 1 fully saturated rings. The number of pyridine rings is 1. The number of terminal acetylenes is 1. The van der Waals surface area contributed by atoms with Crippen LogP contribution in [0.2, 0.25) is 0 Å². The van der Waals surface area contributed by atoms with Crippen LogP contribution in [-0.2, 0) is 4.74 Å². The number of aromatic nitrogens is 1. The summed E-state index contributed by atoms with van der Waals surface area (Å²) in [5, 5.41) is 2.65. The molecule has 1 amide bonds. The maximum absolute atomic E-state index is 13.5.